The number of benzene rings is 2. The largest absolute Gasteiger partial charge is 0.508 e. The normalized spacial score (nSPS) is 16.6. The van der Waals surface area contributed by atoms with Crippen LogP contribution in [0.3, 0.4) is 0 Å². The fourth-order valence-corrected chi connectivity index (χ4v) is 2.98. The van der Waals surface area contributed by atoms with E-state index in [0.29, 0.717) is 17.9 Å². The summed E-state index contributed by atoms with van der Waals surface area (Å²) in [6.45, 7) is 0.341. The van der Waals surface area contributed by atoms with Crippen LogP contribution in [-0.4, -0.2) is 15.9 Å². The standard InChI is InChI=1S/C19H16N2O3/c22-14-6-3-5-13(11-14)18-20-17-9-2-1-8-16(17)19(23)21(18)12-15-7-4-10-24-15/h1-11,18,20,22H,12H2/t18-/m1/s1. The number of para-hydroxylation sites is 1. The van der Waals surface area contributed by atoms with E-state index in [1.165, 1.54) is 0 Å². The smallest absolute Gasteiger partial charge is 0.258 e. The van der Waals surface area contributed by atoms with Gasteiger partial charge in [0.05, 0.1) is 18.4 Å². The van der Waals surface area contributed by atoms with Crippen LogP contribution in [-0.2, 0) is 6.54 Å². The molecule has 0 spiro atoms. The number of nitrogens with one attached hydrogen (secondary N) is 1. The Balaban J connectivity index is 1.78. The molecule has 5 heteroatoms. The fraction of sp³-hybridized carbons (Fsp3) is 0.105. The van der Waals surface area contributed by atoms with E-state index < -0.39 is 0 Å². The number of rotatable bonds is 3. The molecule has 1 atom stereocenters. The Kier molecular flexibility index (Phi) is 3.46. The third-order valence-corrected chi connectivity index (χ3v) is 4.11. The van der Waals surface area contributed by atoms with Crippen LogP contribution >= 0.6 is 0 Å². The van der Waals surface area contributed by atoms with Gasteiger partial charge in [-0.25, -0.2) is 0 Å². The molecule has 0 radical (unpaired) electrons. The highest BCUT2D eigenvalue weighted by Crippen LogP contribution is 2.34. The lowest BCUT2D eigenvalue weighted by atomic mass is 10.0. The molecule has 2 heterocycles. The first-order valence-electron chi connectivity index (χ1n) is 7.70. The lowest BCUT2D eigenvalue weighted by Crippen LogP contribution is -2.42. The molecular formula is C19H16N2O3. The molecular weight excluding hydrogens is 304 g/mol. The summed E-state index contributed by atoms with van der Waals surface area (Å²) in [5.74, 6) is 0.794. The van der Waals surface area contributed by atoms with Crippen LogP contribution in [0.4, 0.5) is 5.69 Å². The summed E-state index contributed by atoms with van der Waals surface area (Å²) >= 11 is 0. The first-order chi connectivity index (χ1) is 11.7. The van der Waals surface area contributed by atoms with Crippen LogP contribution in [0.5, 0.6) is 5.75 Å². The number of phenols is 1. The number of phenolic OH excluding ortho intramolecular Hbond substituents is 1. The Labute approximate surface area is 139 Å². The molecule has 1 amide bonds. The molecule has 120 valence electrons. The van der Waals surface area contributed by atoms with Gasteiger partial charge in [-0.3, -0.25) is 4.79 Å². The van der Waals surface area contributed by atoms with Crippen LogP contribution in [0.2, 0.25) is 0 Å². The van der Waals surface area contributed by atoms with Crippen molar-refractivity contribution in [1.29, 1.82) is 0 Å². The van der Waals surface area contributed by atoms with Crippen LogP contribution in [0.25, 0.3) is 0 Å². The molecule has 1 aliphatic rings. The molecule has 0 unspecified atom stereocenters. The summed E-state index contributed by atoms with van der Waals surface area (Å²) in [6.07, 6.45) is 1.21. The van der Waals surface area contributed by atoms with Gasteiger partial charge in [-0.15, -0.1) is 0 Å². The first kappa shape index (κ1) is 14.4. The second-order valence-corrected chi connectivity index (χ2v) is 5.70. The van der Waals surface area contributed by atoms with Gasteiger partial charge in [-0.1, -0.05) is 24.3 Å². The van der Waals surface area contributed by atoms with E-state index in [0.717, 1.165) is 11.3 Å². The number of hydrogen-bond acceptors (Lipinski definition) is 4. The van der Waals surface area contributed by atoms with Crippen molar-refractivity contribution in [2.45, 2.75) is 12.7 Å². The highest BCUT2D eigenvalue weighted by Gasteiger charge is 2.33. The predicted molar refractivity (Wildman–Crippen MR) is 89.5 cm³/mol. The molecule has 0 saturated heterocycles. The van der Waals surface area contributed by atoms with E-state index in [2.05, 4.69) is 5.32 Å². The van der Waals surface area contributed by atoms with Gasteiger partial charge in [0.25, 0.3) is 5.91 Å². The number of hydrogen-bond donors (Lipinski definition) is 2. The number of aromatic hydroxyl groups is 1. The molecule has 2 N–H and O–H groups in total. The zero-order valence-corrected chi connectivity index (χ0v) is 12.8. The lowest BCUT2D eigenvalue weighted by molar-refractivity contribution is 0.0651. The van der Waals surface area contributed by atoms with E-state index in [1.807, 2.05) is 30.3 Å². The Hall–Kier alpha value is -3.21. The third kappa shape index (κ3) is 2.50. The predicted octanol–water partition coefficient (Wildman–Crippen LogP) is 3.75. The highest BCUT2D eigenvalue weighted by atomic mass is 16.3. The van der Waals surface area contributed by atoms with Crippen molar-refractivity contribution in [2.24, 2.45) is 0 Å². The maximum atomic E-state index is 13.0. The van der Waals surface area contributed by atoms with Crippen molar-refractivity contribution >= 4 is 11.6 Å². The van der Waals surface area contributed by atoms with E-state index in [-0.39, 0.29) is 17.8 Å². The van der Waals surface area contributed by atoms with Crippen molar-refractivity contribution < 1.29 is 14.3 Å². The van der Waals surface area contributed by atoms with Gasteiger partial charge in [0, 0.05) is 5.69 Å². The Morgan fingerprint density at radius 1 is 1.08 bits per heavy atom. The molecule has 5 nitrogen and oxygen atoms in total. The van der Waals surface area contributed by atoms with Crippen LogP contribution in [0.1, 0.15) is 27.8 Å². The van der Waals surface area contributed by atoms with Crippen molar-refractivity contribution in [3.05, 3.63) is 83.8 Å². The average Bonchev–Trinajstić information content (AvgIpc) is 3.10. The fourth-order valence-electron chi connectivity index (χ4n) is 2.98. The molecule has 0 aliphatic carbocycles. The Bertz CT molecular complexity index is 874. The van der Waals surface area contributed by atoms with E-state index in [1.54, 1.807) is 41.5 Å². The summed E-state index contributed by atoms with van der Waals surface area (Å²) in [7, 11) is 0. The van der Waals surface area contributed by atoms with Gasteiger partial charge in [0.1, 0.15) is 17.7 Å². The zero-order chi connectivity index (χ0) is 16.5. The quantitative estimate of drug-likeness (QED) is 0.771. The highest BCUT2D eigenvalue weighted by molar-refractivity contribution is 6.01. The van der Waals surface area contributed by atoms with E-state index in [4.69, 9.17) is 4.42 Å². The molecule has 1 aromatic heterocycles. The van der Waals surface area contributed by atoms with Crippen molar-refractivity contribution in [2.75, 3.05) is 5.32 Å². The van der Waals surface area contributed by atoms with Crippen LogP contribution < -0.4 is 5.32 Å². The van der Waals surface area contributed by atoms with Crippen molar-refractivity contribution in [1.82, 2.24) is 4.90 Å². The Morgan fingerprint density at radius 3 is 2.75 bits per heavy atom. The number of nitrogens with zero attached hydrogens (tertiary/aromatic N) is 1. The minimum atomic E-state index is -0.385. The van der Waals surface area contributed by atoms with Gasteiger partial charge in [-0.2, -0.15) is 0 Å². The SMILES string of the molecule is O=C1c2ccccc2N[C@@H](c2cccc(O)c2)N1Cc1ccco1. The van der Waals surface area contributed by atoms with E-state index in [9.17, 15) is 9.90 Å². The first-order valence-corrected chi connectivity index (χ1v) is 7.70. The second-order valence-electron chi connectivity index (χ2n) is 5.70. The third-order valence-electron chi connectivity index (χ3n) is 4.11. The summed E-state index contributed by atoms with van der Waals surface area (Å²) in [5, 5.41) is 13.2. The number of anilines is 1. The number of fused-ring (bicyclic) bond motifs is 1. The Morgan fingerprint density at radius 2 is 1.96 bits per heavy atom. The van der Waals surface area contributed by atoms with Crippen LogP contribution in [0, 0.1) is 0 Å². The van der Waals surface area contributed by atoms with Gasteiger partial charge in [0.2, 0.25) is 0 Å². The molecule has 0 bridgehead atoms. The maximum Gasteiger partial charge on any atom is 0.258 e. The monoisotopic (exact) mass is 320 g/mol. The molecule has 1 aliphatic heterocycles. The zero-order valence-electron chi connectivity index (χ0n) is 12.8. The molecule has 2 aromatic carbocycles. The topological polar surface area (TPSA) is 65.7 Å². The molecule has 3 aromatic rings. The number of furan rings is 1. The van der Waals surface area contributed by atoms with Gasteiger partial charge < -0.3 is 19.7 Å². The lowest BCUT2D eigenvalue weighted by Gasteiger charge is -2.37. The summed E-state index contributed by atoms with van der Waals surface area (Å²) in [5.41, 5.74) is 2.22. The van der Waals surface area contributed by atoms with Crippen molar-refractivity contribution in [3.63, 3.8) is 0 Å². The molecule has 24 heavy (non-hydrogen) atoms. The minimum absolute atomic E-state index is 0.0749. The number of amides is 1. The molecule has 0 fully saturated rings. The van der Waals surface area contributed by atoms with E-state index >= 15 is 0 Å². The van der Waals surface area contributed by atoms with Gasteiger partial charge in [0.15, 0.2) is 0 Å². The second kappa shape index (κ2) is 5.77. The van der Waals surface area contributed by atoms with Crippen LogP contribution in [0.15, 0.2) is 71.3 Å². The maximum absolute atomic E-state index is 13.0. The summed E-state index contributed by atoms with van der Waals surface area (Å²) in [6, 6.07) is 18.0. The number of carbonyl (C=O) groups is 1. The van der Waals surface area contributed by atoms with Gasteiger partial charge >= 0.3 is 0 Å². The molecule has 4 rings (SSSR count). The number of carbonyl (C=O) groups excluding carboxylic acids is 1. The average molecular weight is 320 g/mol. The van der Waals surface area contributed by atoms with Crippen molar-refractivity contribution in [3.8, 4) is 5.75 Å². The summed E-state index contributed by atoms with van der Waals surface area (Å²) < 4.78 is 5.41. The molecule has 0 saturated carbocycles. The minimum Gasteiger partial charge on any atom is -0.508 e. The van der Waals surface area contributed by atoms with Gasteiger partial charge in [-0.05, 0) is 42.0 Å². The summed E-state index contributed by atoms with van der Waals surface area (Å²) in [4.78, 5) is 14.7.